The highest BCUT2D eigenvalue weighted by Gasteiger charge is 2.14. The van der Waals surface area contributed by atoms with Gasteiger partial charge in [-0.05, 0) is 24.3 Å². The molecule has 1 aromatic carbocycles. The van der Waals surface area contributed by atoms with E-state index in [2.05, 4.69) is 11.1 Å². The highest BCUT2D eigenvalue weighted by atomic mass is 16.5. The minimum absolute atomic E-state index is 0.744. The molecule has 2 heterocycles. The normalized spacial score (nSPS) is 14.0. The van der Waals surface area contributed by atoms with Gasteiger partial charge in [-0.1, -0.05) is 0 Å². The summed E-state index contributed by atoms with van der Waals surface area (Å²) < 4.78 is 5.39. The van der Waals surface area contributed by atoms with Gasteiger partial charge in [-0.15, -0.1) is 0 Å². The average molecular weight is 186 g/mol. The van der Waals surface area contributed by atoms with E-state index in [1.165, 1.54) is 5.56 Å². The summed E-state index contributed by atoms with van der Waals surface area (Å²) in [5.74, 6) is 0.780. The predicted octanol–water partition coefficient (Wildman–Crippen LogP) is 1.75. The van der Waals surface area contributed by atoms with Gasteiger partial charge in [0.15, 0.2) is 0 Å². The lowest BCUT2D eigenvalue weighted by Crippen LogP contribution is -1.89. The molecule has 3 nitrogen and oxygen atoms in total. The van der Waals surface area contributed by atoms with Gasteiger partial charge < -0.3 is 10.5 Å². The molecule has 14 heavy (non-hydrogen) atoms. The zero-order valence-electron chi connectivity index (χ0n) is 7.66. The van der Waals surface area contributed by atoms with Crippen LogP contribution in [0.1, 0.15) is 5.56 Å². The van der Waals surface area contributed by atoms with Gasteiger partial charge in [-0.3, -0.25) is 0 Å². The van der Waals surface area contributed by atoms with Crippen molar-refractivity contribution in [3.63, 3.8) is 0 Å². The first-order valence-electron chi connectivity index (χ1n) is 4.65. The average Bonchev–Trinajstić information content (AvgIpc) is 2.61. The molecule has 0 saturated carbocycles. The summed E-state index contributed by atoms with van der Waals surface area (Å²) in [6.45, 7) is 0.744. The Morgan fingerprint density at radius 3 is 3.14 bits per heavy atom. The summed E-state index contributed by atoms with van der Waals surface area (Å²) >= 11 is 0. The lowest BCUT2D eigenvalue weighted by molar-refractivity contribution is 0.346. The molecule has 0 atom stereocenters. The molecule has 1 aliphatic rings. The van der Waals surface area contributed by atoms with Crippen LogP contribution in [0.4, 0.5) is 5.69 Å². The molecule has 0 fully saturated rings. The minimum atomic E-state index is 0.744. The Morgan fingerprint density at radius 1 is 1.29 bits per heavy atom. The van der Waals surface area contributed by atoms with Crippen molar-refractivity contribution >= 4 is 16.6 Å². The van der Waals surface area contributed by atoms with Crippen molar-refractivity contribution < 1.29 is 4.74 Å². The molecule has 3 heteroatoms. The second kappa shape index (κ2) is 2.61. The Morgan fingerprint density at radius 2 is 2.21 bits per heavy atom. The SMILES string of the molecule is Nc1ccc2nc3c(cc2c1)CCO3. The third kappa shape index (κ3) is 1.02. The van der Waals surface area contributed by atoms with Gasteiger partial charge in [-0.25, -0.2) is 4.98 Å². The predicted molar refractivity (Wildman–Crippen MR) is 55.4 cm³/mol. The van der Waals surface area contributed by atoms with E-state index in [-0.39, 0.29) is 0 Å². The lowest BCUT2D eigenvalue weighted by atomic mass is 10.1. The van der Waals surface area contributed by atoms with E-state index in [4.69, 9.17) is 10.5 Å². The molecule has 3 rings (SSSR count). The molecular weight excluding hydrogens is 176 g/mol. The van der Waals surface area contributed by atoms with Crippen LogP contribution in [0.2, 0.25) is 0 Å². The zero-order valence-corrected chi connectivity index (χ0v) is 7.66. The fourth-order valence-corrected chi connectivity index (χ4v) is 1.78. The molecule has 0 unspecified atom stereocenters. The lowest BCUT2D eigenvalue weighted by Gasteiger charge is -2.02. The number of aromatic nitrogens is 1. The molecule has 0 saturated heterocycles. The summed E-state index contributed by atoms with van der Waals surface area (Å²) in [5.41, 5.74) is 8.61. The second-order valence-corrected chi connectivity index (χ2v) is 3.50. The van der Waals surface area contributed by atoms with E-state index in [0.717, 1.165) is 35.5 Å². The maximum Gasteiger partial charge on any atom is 0.217 e. The Balaban J connectivity index is 2.33. The highest BCUT2D eigenvalue weighted by molar-refractivity contribution is 5.83. The number of hydrogen-bond acceptors (Lipinski definition) is 3. The maximum absolute atomic E-state index is 5.71. The number of rotatable bonds is 0. The van der Waals surface area contributed by atoms with Crippen molar-refractivity contribution in [1.82, 2.24) is 4.98 Å². The van der Waals surface area contributed by atoms with Crippen LogP contribution in [0.3, 0.4) is 0 Å². The highest BCUT2D eigenvalue weighted by Crippen LogP contribution is 2.27. The largest absolute Gasteiger partial charge is 0.477 e. The number of fused-ring (bicyclic) bond motifs is 2. The molecule has 0 spiro atoms. The van der Waals surface area contributed by atoms with Crippen LogP contribution >= 0.6 is 0 Å². The molecule has 1 aliphatic heterocycles. The quantitative estimate of drug-likeness (QED) is 0.637. The summed E-state index contributed by atoms with van der Waals surface area (Å²) in [7, 11) is 0. The van der Waals surface area contributed by atoms with Crippen molar-refractivity contribution in [1.29, 1.82) is 0 Å². The summed E-state index contributed by atoms with van der Waals surface area (Å²) in [6.07, 6.45) is 0.951. The fourth-order valence-electron chi connectivity index (χ4n) is 1.78. The zero-order chi connectivity index (χ0) is 9.54. The molecule has 0 aliphatic carbocycles. The summed E-state index contributed by atoms with van der Waals surface area (Å²) in [6, 6.07) is 7.84. The van der Waals surface area contributed by atoms with E-state index in [9.17, 15) is 0 Å². The number of ether oxygens (including phenoxy) is 1. The first-order valence-corrected chi connectivity index (χ1v) is 4.65. The van der Waals surface area contributed by atoms with E-state index in [1.807, 2.05) is 18.2 Å². The Bertz CT molecular complexity index is 508. The monoisotopic (exact) mass is 186 g/mol. The third-order valence-electron chi connectivity index (χ3n) is 2.49. The number of pyridine rings is 1. The van der Waals surface area contributed by atoms with Crippen LogP contribution < -0.4 is 10.5 Å². The van der Waals surface area contributed by atoms with Gasteiger partial charge in [0.2, 0.25) is 5.88 Å². The molecule has 2 aromatic rings. The number of nitrogen functional groups attached to an aromatic ring is 1. The molecule has 70 valence electrons. The minimum Gasteiger partial charge on any atom is -0.477 e. The number of nitrogens with zero attached hydrogens (tertiary/aromatic N) is 1. The maximum atomic E-state index is 5.71. The first-order chi connectivity index (χ1) is 6.83. The molecular formula is C11H10N2O. The van der Waals surface area contributed by atoms with Crippen molar-refractivity contribution in [2.75, 3.05) is 12.3 Å². The van der Waals surface area contributed by atoms with Gasteiger partial charge >= 0.3 is 0 Å². The molecule has 1 aromatic heterocycles. The standard InChI is InChI=1S/C11H10N2O/c12-9-1-2-10-8(6-9)5-7-3-4-14-11(7)13-10/h1-2,5-6H,3-4,12H2. The van der Waals surface area contributed by atoms with Crippen LogP contribution in [0, 0.1) is 0 Å². The van der Waals surface area contributed by atoms with E-state index in [1.54, 1.807) is 0 Å². The van der Waals surface area contributed by atoms with Crippen LogP contribution in [-0.2, 0) is 6.42 Å². The van der Waals surface area contributed by atoms with E-state index >= 15 is 0 Å². The van der Waals surface area contributed by atoms with Gasteiger partial charge in [0.1, 0.15) is 0 Å². The Labute approximate surface area is 81.5 Å². The van der Waals surface area contributed by atoms with Crippen LogP contribution in [-0.4, -0.2) is 11.6 Å². The van der Waals surface area contributed by atoms with Crippen molar-refractivity contribution in [3.8, 4) is 5.88 Å². The van der Waals surface area contributed by atoms with Gasteiger partial charge in [0.05, 0.1) is 12.1 Å². The molecule has 0 radical (unpaired) electrons. The van der Waals surface area contributed by atoms with Gasteiger partial charge in [-0.2, -0.15) is 0 Å². The third-order valence-corrected chi connectivity index (χ3v) is 2.49. The van der Waals surface area contributed by atoms with Gasteiger partial charge in [0.25, 0.3) is 0 Å². The number of anilines is 1. The van der Waals surface area contributed by atoms with Crippen LogP contribution in [0.5, 0.6) is 5.88 Å². The van der Waals surface area contributed by atoms with Gasteiger partial charge in [0, 0.05) is 23.1 Å². The number of benzene rings is 1. The topological polar surface area (TPSA) is 48.1 Å². The van der Waals surface area contributed by atoms with Crippen molar-refractivity contribution in [2.24, 2.45) is 0 Å². The van der Waals surface area contributed by atoms with Crippen molar-refractivity contribution in [2.45, 2.75) is 6.42 Å². The molecule has 0 amide bonds. The van der Waals surface area contributed by atoms with E-state index in [0.29, 0.717) is 0 Å². The van der Waals surface area contributed by atoms with Crippen LogP contribution in [0.25, 0.3) is 10.9 Å². The molecule has 2 N–H and O–H groups in total. The summed E-state index contributed by atoms with van der Waals surface area (Å²) in [5, 5.41) is 1.09. The fraction of sp³-hybridized carbons (Fsp3) is 0.182. The number of nitrogens with two attached hydrogens (primary N) is 1. The smallest absolute Gasteiger partial charge is 0.217 e. The summed E-state index contributed by atoms with van der Waals surface area (Å²) in [4.78, 5) is 4.42. The Hall–Kier alpha value is -1.77. The molecule has 0 bridgehead atoms. The Kier molecular flexibility index (Phi) is 1.42. The van der Waals surface area contributed by atoms with E-state index < -0.39 is 0 Å². The number of hydrogen-bond donors (Lipinski definition) is 1. The van der Waals surface area contributed by atoms with Crippen molar-refractivity contribution in [3.05, 3.63) is 29.8 Å². The van der Waals surface area contributed by atoms with Crippen LogP contribution in [0.15, 0.2) is 24.3 Å². The first kappa shape index (κ1) is 7.62. The second-order valence-electron chi connectivity index (χ2n) is 3.50.